The Morgan fingerprint density at radius 2 is 2.21 bits per heavy atom. The van der Waals surface area contributed by atoms with Gasteiger partial charge in [-0.1, -0.05) is 24.6 Å². The Kier molecular flexibility index (Phi) is 2.95. The molecule has 0 atom stereocenters. The van der Waals surface area contributed by atoms with Crippen LogP contribution in [0, 0.1) is 4.77 Å². The molecule has 0 amide bonds. The minimum Gasteiger partial charge on any atom is -0.327 e. The first kappa shape index (κ1) is 12.4. The maximum Gasteiger partial charge on any atom is 0.184 e. The Labute approximate surface area is 120 Å². The number of fused-ring (bicyclic) bond motifs is 1. The topological polar surface area (TPSA) is 38.5 Å². The molecule has 2 aromatic heterocycles. The lowest BCUT2D eigenvalue weighted by atomic mass is 10.3. The standard InChI is InChI=1S/C13H13ClN4S/c1-3-10-11-12(17(2)16-10)18(13(19)15-11)9-6-4-5-8(14)7-9/h4-7H,3H2,1-2H3,(H,15,19). The van der Waals surface area contributed by atoms with Gasteiger partial charge in [-0.2, -0.15) is 5.10 Å². The number of benzene rings is 1. The van der Waals surface area contributed by atoms with Crippen LogP contribution in [0.4, 0.5) is 0 Å². The van der Waals surface area contributed by atoms with Gasteiger partial charge < -0.3 is 4.98 Å². The molecule has 0 aliphatic heterocycles. The summed E-state index contributed by atoms with van der Waals surface area (Å²) >= 11 is 11.5. The monoisotopic (exact) mass is 292 g/mol. The zero-order valence-corrected chi connectivity index (χ0v) is 12.2. The van der Waals surface area contributed by atoms with Crippen molar-refractivity contribution in [2.24, 2.45) is 7.05 Å². The normalized spacial score (nSPS) is 11.3. The average Bonchev–Trinajstić information content (AvgIpc) is 2.86. The van der Waals surface area contributed by atoms with Crippen LogP contribution in [0.15, 0.2) is 24.3 Å². The third-order valence-electron chi connectivity index (χ3n) is 3.14. The maximum absolute atomic E-state index is 6.06. The molecular formula is C13H13ClN4S. The van der Waals surface area contributed by atoms with Gasteiger partial charge in [-0.3, -0.25) is 4.57 Å². The Morgan fingerprint density at radius 1 is 1.42 bits per heavy atom. The average molecular weight is 293 g/mol. The summed E-state index contributed by atoms with van der Waals surface area (Å²) in [4.78, 5) is 3.24. The number of rotatable bonds is 2. The van der Waals surface area contributed by atoms with Gasteiger partial charge >= 0.3 is 0 Å². The zero-order valence-electron chi connectivity index (χ0n) is 10.6. The van der Waals surface area contributed by atoms with E-state index in [1.165, 1.54) is 0 Å². The fraction of sp³-hybridized carbons (Fsp3) is 0.231. The molecule has 98 valence electrons. The van der Waals surface area contributed by atoms with Crippen LogP contribution in [0.5, 0.6) is 0 Å². The van der Waals surface area contributed by atoms with Crippen molar-refractivity contribution >= 4 is 35.0 Å². The third-order valence-corrected chi connectivity index (χ3v) is 3.66. The first-order chi connectivity index (χ1) is 9.11. The minimum absolute atomic E-state index is 0.653. The Hall–Kier alpha value is -1.59. The van der Waals surface area contributed by atoms with Crippen molar-refractivity contribution in [3.8, 4) is 5.69 Å². The van der Waals surface area contributed by atoms with Crippen LogP contribution in [0.25, 0.3) is 16.9 Å². The quantitative estimate of drug-likeness (QED) is 0.732. The van der Waals surface area contributed by atoms with Crippen molar-refractivity contribution in [2.75, 3.05) is 0 Å². The van der Waals surface area contributed by atoms with Crippen molar-refractivity contribution in [1.82, 2.24) is 19.3 Å². The van der Waals surface area contributed by atoms with E-state index in [1.54, 1.807) is 0 Å². The lowest BCUT2D eigenvalue weighted by molar-refractivity contribution is 0.748. The summed E-state index contributed by atoms with van der Waals surface area (Å²) in [6.45, 7) is 2.08. The number of nitrogens with zero attached hydrogens (tertiary/aromatic N) is 3. The summed E-state index contributed by atoms with van der Waals surface area (Å²) in [5, 5.41) is 5.19. The molecule has 3 aromatic rings. The molecule has 0 bridgehead atoms. The molecule has 1 aromatic carbocycles. The van der Waals surface area contributed by atoms with E-state index in [4.69, 9.17) is 23.8 Å². The highest BCUT2D eigenvalue weighted by Crippen LogP contribution is 2.23. The molecule has 0 aliphatic carbocycles. The molecule has 0 radical (unpaired) electrons. The van der Waals surface area contributed by atoms with E-state index in [2.05, 4.69) is 17.0 Å². The van der Waals surface area contributed by atoms with E-state index in [9.17, 15) is 0 Å². The van der Waals surface area contributed by atoms with Crippen molar-refractivity contribution in [2.45, 2.75) is 13.3 Å². The highest BCUT2D eigenvalue weighted by atomic mass is 35.5. The summed E-state index contributed by atoms with van der Waals surface area (Å²) in [6, 6.07) is 7.63. The van der Waals surface area contributed by atoms with E-state index < -0.39 is 0 Å². The molecule has 0 saturated carbocycles. The van der Waals surface area contributed by atoms with Crippen molar-refractivity contribution < 1.29 is 0 Å². The smallest absolute Gasteiger partial charge is 0.184 e. The van der Waals surface area contributed by atoms with E-state index in [-0.39, 0.29) is 0 Å². The highest BCUT2D eigenvalue weighted by Gasteiger charge is 2.15. The number of nitrogens with one attached hydrogen (secondary N) is 1. The van der Waals surface area contributed by atoms with Crippen LogP contribution in [-0.4, -0.2) is 19.3 Å². The minimum atomic E-state index is 0.653. The lowest BCUT2D eigenvalue weighted by Crippen LogP contribution is -2.00. The van der Waals surface area contributed by atoms with Crippen molar-refractivity contribution in [1.29, 1.82) is 0 Å². The summed E-state index contributed by atoms with van der Waals surface area (Å²) in [5.74, 6) is 0. The largest absolute Gasteiger partial charge is 0.327 e. The van der Waals surface area contributed by atoms with Crippen molar-refractivity contribution in [3.63, 3.8) is 0 Å². The van der Waals surface area contributed by atoms with Crippen LogP contribution in [0.2, 0.25) is 5.02 Å². The maximum atomic E-state index is 6.06. The molecule has 0 fully saturated rings. The SMILES string of the molecule is CCc1nn(C)c2c1[nH]c(=S)n2-c1cccc(Cl)c1. The zero-order chi connectivity index (χ0) is 13.6. The molecule has 6 heteroatoms. The van der Waals surface area contributed by atoms with Gasteiger partial charge in [-0.05, 0) is 36.8 Å². The second-order valence-corrected chi connectivity index (χ2v) is 5.19. The van der Waals surface area contributed by atoms with Crippen LogP contribution in [0.1, 0.15) is 12.6 Å². The van der Waals surface area contributed by atoms with Gasteiger partial charge in [0.05, 0.1) is 11.4 Å². The van der Waals surface area contributed by atoms with E-state index in [1.807, 2.05) is 40.6 Å². The van der Waals surface area contributed by atoms with Gasteiger partial charge in [0.2, 0.25) is 0 Å². The van der Waals surface area contributed by atoms with Gasteiger partial charge in [-0.25, -0.2) is 4.68 Å². The lowest BCUT2D eigenvalue weighted by Gasteiger charge is -2.05. The van der Waals surface area contributed by atoms with E-state index in [0.29, 0.717) is 9.79 Å². The summed E-state index contributed by atoms with van der Waals surface area (Å²) in [5.41, 5.74) is 3.91. The first-order valence-electron chi connectivity index (χ1n) is 6.04. The summed E-state index contributed by atoms with van der Waals surface area (Å²) < 4.78 is 4.46. The van der Waals surface area contributed by atoms with Crippen molar-refractivity contribution in [3.05, 3.63) is 39.8 Å². The number of halogens is 1. The number of H-pyrrole nitrogens is 1. The van der Waals surface area contributed by atoms with Crippen LogP contribution in [-0.2, 0) is 13.5 Å². The molecular weight excluding hydrogens is 280 g/mol. The number of hydrogen-bond donors (Lipinski definition) is 1. The molecule has 2 heterocycles. The Bertz CT molecular complexity index is 812. The van der Waals surface area contributed by atoms with Gasteiger partial charge in [0.15, 0.2) is 10.4 Å². The summed E-state index contributed by atoms with van der Waals surface area (Å²) in [7, 11) is 1.92. The molecule has 0 saturated heterocycles. The third kappa shape index (κ3) is 1.89. The summed E-state index contributed by atoms with van der Waals surface area (Å²) in [6.07, 6.45) is 0.863. The van der Waals surface area contributed by atoms with E-state index in [0.717, 1.165) is 29.0 Å². The molecule has 0 unspecified atom stereocenters. The van der Waals surface area contributed by atoms with Crippen LogP contribution >= 0.6 is 23.8 Å². The number of aromatic amines is 1. The number of imidazole rings is 1. The molecule has 4 nitrogen and oxygen atoms in total. The fourth-order valence-corrected chi connectivity index (χ4v) is 2.79. The van der Waals surface area contributed by atoms with Gasteiger partial charge in [0.1, 0.15) is 5.52 Å². The predicted octanol–water partition coefficient (Wildman–Crippen LogP) is 3.64. The second kappa shape index (κ2) is 4.51. The molecule has 3 rings (SSSR count). The molecule has 0 aliphatic rings. The number of hydrogen-bond acceptors (Lipinski definition) is 2. The molecule has 0 spiro atoms. The number of aromatic nitrogens is 4. The van der Waals surface area contributed by atoms with Gasteiger partial charge in [0.25, 0.3) is 0 Å². The predicted molar refractivity (Wildman–Crippen MR) is 79.6 cm³/mol. The Balaban J connectivity index is 2.38. The molecule has 19 heavy (non-hydrogen) atoms. The fourth-order valence-electron chi connectivity index (χ4n) is 2.32. The first-order valence-corrected chi connectivity index (χ1v) is 6.83. The van der Waals surface area contributed by atoms with Crippen LogP contribution in [0.3, 0.4) is 0 Å². The van der Waals surface area contributed by atoms with Gasteiger partial charge in [-0.15, -0.1) is 0 Å². The number of aryl methyl sites for hydroxylation is 2. The van der Waals surface area contributed by atoms with Crippen LogP contribution < -0.4 is 0 Å². The van der Waals surface area contributed by atoms with E-state index >= 15 is 0 Å². The second-order valence-electron chi connectivity index (χ2n) is 4.37. The molecule has 1 N–H and O–H groups in total. The van der Waals surface area contributed by atoms with Gasteiger partial charge in [0, 0.05) is 12.1 Å². The Morgan fingerprint density at radius 3 is 2.89 bits per heavy atom. The highest BCUT2D eigenvalue weighted by molar-refractivity contribution is 7.71.